The summed E-state index contributed by atoms with van der Waals surface area (Å²) in [5, 5.41) is 36.6. The van der Waals surface area contributed by atoms with E-state index in [1.165, 1.54) is 11.1 Å². The van der Waals surface area contributed by atoms with Crippen molar-refractivity contribution in [1.82, 2.24) is 9.88 Å². The van der Waals surface area contributed by atoms with Gasteiger partial charge in [0.1, 0.15) is 11.4 Å². The number of aromatic nitrogens is 1. The first-order chi connectivity index (χ1) is 17.5. The van der Waals surface area contributed by atoms with Gasteiger partial charge >= 0.3 is 0 Å². The fraction of sp³-hybridized carbons (Fsp3) is 0.633. The van der Waals surface area contributed by atoms with Crippen molar-refractivity contribution in [3.05, 3.63) is 42.1 Å². The molecule has 5 aliphatic rings. The van der Waals surface area contributed by atoms with E-state index in [0.29, 0.717) is 25.1 Å². The number of hydrogen-bond acceptors (Lipinski definition) is 7. The van der Waals surface area contributed by atoms with E-state index in [1.807, 2.05) is 25.1 Å². The third kappa shape index (κ3) is 2.92. The SMILES string of the molecule is CN(C)[C@H]1C[C@@]23CC[C@]4(O2)C2CC=C(c5ccc6ccnc(N)c6c5)[C@@]2(C)CCC4(O)CC3[C@@H](O)[C@@H]1O. The van der Waals surface area contributed by atoms with Gasteiger partial charge in [-0.3, -0.25) is 0 Å². The van der Waals surface area contributed by atoms with E-state index >= 15 is 0 Å². The Morgan fingerprint density at radius 2 is 1.86 bits per heavy atom. The normalized spacial score (nSPS) is 46.5. The number of benzene rings is 1. The number of fused-ring (bicyclic) bond motifs is 2. The second-order valence-electron chi connectivity index (χ2n) is 13.1. The van der Waals surface area contributed by atoms with Crippen LogP contribution in [-0.2, 0) is 4.74 Å². The Bertz CT molecular complexity index is 1310. The number of hydrogen-bond donors (Lipinski definition) is 4. The number of rotatable bonds is 2. The molecule has 9 atom stereocenters. The van der Waals surface area contributed by atoms with Crippen molar-refractivity contribution in [2.45, 2.75) is 86.9 Å². The van der Waals surface area contributed by atoms with E-state index in [0.717, 1.165) is 36.5 Å². The van der Waals surface area contributed by atoms with Crippen molar-refractivity contribution < 1.29 is 20.1 Å². The molecule has 2 aliphatic heterocycles. The van der Waals surface area contributed by atoms with Crippen LogP contribution in [0.4, 0.5) is 5.82 Å². The predicted molar refractivity (Wildman–Crippen MR) is 143 cm³/mol. The molecule has 4 fully saturated rings. The van der Waals surface area contributed by atoms with Crippen LogP contribution in [0.1, 0.15) is 57.4 Å². The van der Waals surface area contributed by atoms with Gasteiger partial charge in [0, 0.05) is 29.5 Å². The number of aliphatic hydroxyl groups is 3. The Morgan fingerprint density at radius 1 is 1.05 bits per heavy atom. The molecule has 5 N–H and O–H groups in total. The Labute approximate surface area is 218 Å². The van der Waals surface area contributed by atoms with Gasteiger partial charge in [-0.15, -0.1) is 0 Å². The number of pyridine rings is 1. The lowest BCUT2D eigenvalue weighted by Crippen LogP contribution is -2.73. The van der Waals surface area contributed by atoms with Gasteiger partial charge in [0.25, 0.3) is 0 Å². The number of aliphatic hydroxyl groups excluding tert-OH is 2. The zero-order valence-corrected chi connectivity index (χ0v) is 22.0. The highest BCUT2D eigenvalue weighted by atomic mass is 16.6. The molecule has 2 saturated heterocycles. The standard InChI is InChI=1S/C30H39N3O4/c1-27-9-11-29(36)15-21-24(34)25(35)22(33(2)3)16-28(21)10-12-30(29,37-28)23(27)7-6-20(27)18-5-4-17-8-13-32-26(31)19(17)14-18/h4-6,8,13-14,21-25,34-36H,7,9-12,15-16H2,1-3H3,(H2,31,32)/t21?,22-,23?,24+,25+,27+,28+,29?,30-/m0/s1. The summed E-state index contributed by atoms with van der Waals surface area (Å²) >= 11 is 0. The molecule has 3 heterocycles. The highest BCUT2D eigenvalue weighted by molar-refractivity contribution is 5.93. The van der Waals surface area contributed by atoms with Crippen LogP contribution in [-0.4, -0.2) is 74.4 Å². The Kier molecular flexibility index (Phi) is 4.90. The van der Waals surface area contributed by atoms with Gasteiger partial charge in [-0.25, -0.2) is 4.98 Å². The Morgan fingerprint density at radius 3 is 2.65 bits per heavy atom. The summed E-state index contributed by atoms with van der Waals surface area (Å²) in [7, 11) is 3.91. The second-order valence-corrected chi connectivity index (χ2v) is 13.1. The number of nitrogens with zero attached hydrogens (tertiary/aromatic N) is 2. The molecule has 2 saturated carbocycles. The van der Waals surface area contributed by atoms with Gasteiger partial charge in [-0.2, -0.15) is 0 Å². The quantitative estimate of drug-likeness (QED) is 0.496. The molecule has 1 aromatic heterocycles. The first kappa shape index (κ1) is 24.0. The topological polar surface area (TPSA) is 112 Å². The first-order valence-electron chi connectivity index (χ1n) is 13.8. The summed E-state index contributed by atoms with van der Waals surface area (Å²) in [4.78, 5) is 6.31. The van der Waals surface area contributed by atoms with Gasteiger partial charge in [-0.05, 0) is 93.1 Å². The minimum atomic E-state index is -1.01. The van der Waals surface area contributed by atoms with Gasteiger partial charge in [0.2, 0.25) is 0 Å². The van der Waals surface area contributed by atoms with Gasteiger partial charge < -0.3 is 30.7 Å². The molecule has 7 nitrogen and oxygen atoms in total. The highest BCUT2D eigenvalue weighted by Gasteiger charge is 2.76. The smallest absolute Gasteiger partial charge is 0.131 e. The number of anilines is 1. The molecule has 37 heavy (non-hydrogen) atoms. The van der Waals surface area contributed by atoms with Gasteiger partial charge in [0.15, 0.2) is 0 Å². The van der Waals surface area contributed by atoms with E-state index in [4.69, 9.17) is 10.5 Å². The predicted octanol–water partition coefficient (Wildman–Crippen LogP) is 3.12. The van der Waals surface area contributed by atoms with E-state index < -0.39 is 29.0 Å². The summed E-state index contributed by atoms with van der Waals surface area (Å²) in [6.45, 7) is 2.35. The monoisotopic (exact) mass is 505 g/mol. The van der Waals surface area contributed by atoms with Crippen molar-refractivity contribution >= 4 is 22.2 Å². The van der Waals surface area contributed by atoms with Crippen LogP contribution in [0.2, 0.25) is 0 Å². The average Bonchev–Trinajstić information content (AvgIpc) is 3.40. The van der Waals surface area contributed by atoms with Crippen LogP contribution in [0.25, 0.3) is 16.3 Å². The molecular formula is C30H39N3O4. The summed E-state index contributed by atoms with van der Waals surface area (Å²) < 4.78 is 7.22. The van der Waals surface area contributed by atoms with Crippen LogP contribution in [0.3, 0.4) is 0 Å². The molecule has 198 valence electrons. The van der Waals surface area contributed by atoms with Gasteiger partial charge in [-0.1, -0.05) is 25.1 Å². The maximum Gasteiger partial charge on any atom is 0.131 e. The molecule has 1 aromatic carbocycles. The lowest BCUT2D eigenvalue weighted by molar-refractivity contribution is -0.331. The number of likely N-dealkylation sites (N-methyl/N-ethyl adjacent to an activating group) is 1. The lowest BCUT2D eigenvalue weighted by Gasteiger charge is -2.65. The fourth-order valence-electron chi connectivity index (χ4n) is 9.42. The van der Waals surface area contributed by atoms with E-state index in [1.54, 1.807) is 6.20 Å². The summed E-state index contributed by atoms with van der Waals surface area (Å²) in [5.41, 5.74) is 6.42. The number of nitrogens with two attached hydrogens (primary N) is 1. The van der Waals surface area contributed by atoms with E-state index in [9.17, 15) is 15.3 Å². The highest BCUT2D eigenvalue weighted by Crippen LogP contribution is 2.71. The maximum absolute atomic E-state index is 12.3. The molecule has 2 aromatic rings. The van der Waals surface area contributed by atoms with Crippen LogP contribution in [0, 0.1) is 17.3 Å². The third-order valence-corrected chi connectivity index (χ3v) is 11.4. The summed E-state index contributed by atoms with van der Waals surface area (Å²) in [6.07, 6.45) is 7.49. The van der Waals surface area contributed by atoms with Crippen molar-refractivity contribution in [2.24, 2.45) is 17.3 Å². The maximum atomic E-state index is 12.3. The fourth-order valence-corrected chi connectivity index (χ4v) is 9.42. The third-order valence-electron chi connectivity index (χ3n) is 11.4. The summed E-state index contributed by atoms with van der Waals surface area (Å²) in [6, 6.07) is 8.30. The zero-order chi connectivity index (χ0) is 26.0. The largest absolute Gasteiger partial charge is 0.390 e. The lowest BCUT2D eigenvalue weighted by atomic mass is 9.51. The number of ether oxygens (including phenoxy) is 1. The van der Waals surface area contributed by atoms with Crippen LogP contribution >= 0.6 is 0 Å². The molecular weight excluding hydrogens is 466 g/mol. The molecule has 0 amide bonds. The van der Waals surface area contributed by atoms with Gasteiger partial charge in [0.05, 0.1) is 23.4 Å². The Balaban J connectivity index is 1.27. The molecule has 0 radical (unpaired) electrons. The zero-order valence-electron chi connectivity index (χ0n) is 22.0. The van der Waals surface area contributed by atoms with Crippen molar-refractivity contribution in [3.63, 3.8) is 0 Å². The van der Waals surface area contributed by atoms with Crippen LogP contribution in [0.5, 0.6) is 0 Å². The molecule has 3 unspecified atom stereocenters. The Hall–Kier alpha value is -2.03. The molecule has 2 spiro atoms. The van der Waals surface area contributed by atoms with Crippen molar-refractivity contribution in [2.75, 3.05) is 19.8 Å². The van der Waals surface area contributed by atoms with E-state index in [-0.39, 0.29) is 23.3 Å². The molecule has 7 rings (SSSR count). The first-order valence-corrected chi connectivity index (χ1v) is 13.8. The van der Waals surface area contributed by atoms with Crippen molar-refractivity contribution in [1.29, 1.82) is 0 Å². The minimum absolute atomic E-state index is 0.136. The summed E-state index contributed by atoms with van der Waals surface area (Å²) in [5.74, 6) is 0.440. The van der Waals surface area contributed by atoms with E-state index in [2.05, 4.69) is 36.2 Å². The number of nitrogen functional groups attached to an aromatic ring is 1. The van der Waals surface area contributed by atoms with Crippen molar-refractivity contribution in [3.8, 4) is 0 Å². The number of allylic oxidation sites excluding steroid dienone is 2. The minimum Gasteiger partial charge on any atom is -0.390 e. The van der Waals surface area contributed by atoms with Crippen LogP contribution in [0.15, 0.2) is 36.5 Å². The molecule has 3 aliphatic carbocycles. The average molecular weight is 506 g/mol. The van der Waals surface area contributed by atoms with Crippen LogP contribution < -0.4 is 5.73 Å². The molecule has 2 bridgehead atoms. The molecule has 7 heteroatoms. The second kappa shape index (κ2) is 7.54.